The summed E-state index contributed by atoms with van der Waals surface area (Å²) < 4.78 is 5.23. The highest BCUT2D eigenvalue weighted by atomic mass is 35.5. The van der Waals surface area contributed by atoms with E-state index in [2.05, 4.69) is 24.0 Å². The van der Waals surface area contributed by atoms with E-state index in [1.165, 1.54) is 0 Å². The summed E-state index contributed by atoms with van der Waals surface area (Å²) in [6.07, 6.45) is 1.67. The summed E-state index contributed by atoms with van der Waals surface area (Å²) in [6.45, 7) is 6.09. The third-order valence-electron chi connectivity index (χ3n) is 1.78. The standard InChI is InChI=1S/C9H17N3O.ClH/c1-6(2)4-8(10)5-9-12-11-7(3)13-9;/h6,8H,4-5,10H2,1-3H3;1H/t8-;/m0./s1. The fraction of sp³-hybridized carbons (Fsp3) is 0.778. The largest absolute Gasteiger partial charge is 0.426 e. The summed E-state index contributed by atoms with van der Waals surface area (Å²) in [5, 5.41) is 7.64. The van der Waals surface area contributed by atoms with Gasteiger partial charge in [0.05, 0.1) is 0 Å². The second-order valence-electron chi connectivity index (χ2n) is 3.81. The van der Waals surface area contributed by atoms with E-state index >= 15 is 0 Å². The van der Waals surface area contributed by atoms with Crippen molar-refractivity contribution in [2.75, 3.05) is 0 Å². The molecular weight excluding hydrogens is 202 g/mol. The maximum Gasteiger partial charge on any atom is 0.218 e. The Hall–Kier alpha value is -0.610. The van der Waals surface area contributed by atoms with Gasteiger partial charge in [-0.05, 0) is 12.3 Å². The molecule has 0 spiro atoms. The zero-order chi connectivity index (χ0) is 9.84. The molecule has 1 heterocycles. The molecule has 82 valence electrons. The number of aryl methyl sites for hydroxylation is 1. The van der Waals surface area contributed by atoms with Crippen LogP contribution in [-0.4, -0.2) is 16.2 Å². The minimum absolute atomic E-state index is 0. The molecule has 0 saturated heterocycles. The fourth-order valence-electron chi connectivity index (χ4n) is 1.33. The average molecular weight is 220 g/mol. The van der Waals surface area contributed by atoms with E-state index in [0.717, 1.165) is 6.42 Å². The lowest BCUT2D eigenvalue weighted by Crippen LogP contribution is -2.24. The number of rotatable bonds is 4. The second-order valence-corrected chi connectivity index (χ2v) is 3.81. The van der Waals surface area contributed by atoms with E-state index in [-0.39, 0.29) is 18.4 Å². The van der Waals surface area contributed by atoms with E-state index in [0.29, 0.717) is 24.1 Å². The van der Waals surface area contributed by atoms with Crippen LogP contribution >= 0.6 is 12.4 Å². The number of hydrogen-bond donors (Lipinski definition) is 1. The molecule has 4 nitrogen and oxygen atoms in total. The molecule has 0 aliphatic carbocycles. The van der Waals surface area contributed by atoms with Gasteiger partial charge in [-0.2, -0.15) is 0 Å². The van der Waals surface area contributed by atoms with Gasteiger partial charge in [0, 0.05) is 19.4 Å². The van der Waals surface area contributed by atoms with Gasteiger partial charge in [0.15, 0.2) is 0 Å². The summed E-state index contributed by atoms with van der Waals surface area (Å²) in [5.74, 6) is 1.86. The Balaban J connectivity index is 0.00000169. The molecule has 5 heteroatoms. The predicted molar refractivity (Wildman–Crippen MR) is 57.4 cm³/mol. The van der Waals surface area contributed by atoms with Gasteiger partial charge in [-0.15, -0.1) is 22.6 Å². The summed E-state index contributed by atoms with van der Waals surface area (Å²) in [4.78, 5) is 0. The number of aromatic nitrogens is 2. The first-order valence-corrected chi connectivity index (χ1v) is 4.62. The zero-order valence-electron chi connectivity index (χ0n) is 8.86. The first-order chi connectivity index (χ1) is 6.08. The molecule has 0 aromatic carbocycles. The van der Waals surface area contributed by atoms with Crippen LogP contribution in [0.3, 0.4) is 0 Å². The molecule has 2 N–H and O–H groups in total. The molecule has 1 aromatic heterocycles. The highest BCUT2D eigenvalue weighted by molar-refractivity contribution is 5.85. The Kier molecular flexibility index (Phi) is 5.72. The molecule has 0 bridgehead atoms. The van der Waals surface area contributed by atoms with Crippen molar-refractivity contribution in [3.63, 3.8) is 0 Å². The van der Waals surface area contributed by atoms with Crippen molar-refractivity contribution in [1.82, 2.24) is 10.2 Å². The minimum atomic E-state index is 0. The minimum Gasteiger partial charge on any atom is -0.426 e. The van der Waals surface area contributed by atoms with E-state index in [1.54, 1.807) is 6.92 Å². The molecule has 0 aliphatic rings. The first kappa shape index (κ1) is 13.4. The molecule has 1 aromatic rings. The smallest absolute Gasteiger partial charge is 0.218 e. The van der Waals surface area contributed by atoms with Crippen molar-refractivity contribution < 1.29 is 4.42 Å². The number of nitrogens with zero attached hydrogens (tertiary/aromatic N) is 2. The lowest BCUT2D eigenvalue weighted by molar-refractivity contribution is 0.419. The molecule has 0 radical (unpaired) electrons. The molecule has 1 rings (SSSR count). The maximum absolute atomic E-state index is 5.89. The maximum atomic E-state index is 5.89. The Morgan fingerprint density at radius 2 is 2.00 bits per heavy atom. The third kappa shape index (κ3) is 4.58. The van der Waals surface area contributed by atoms with Gasteiger partial charge in [-0.3, -0.25) is 0 Å². The van der Waals surface area contributed by atoms with E-state index < -0.39 is 0 Å². The van der Waals surface area contributed by atoms with Crippen LogP contribution in [0.25, 0.3) is 0 Å². The van der Waals surface area contributed by atoms with E-state index in [1.807, 2.05) is 0 Å². The Bertz CT molecular complexity index is 262. The van der Waals surface area contributed by atoms with E-state index in [9.17, 15) is 0 Å². The first-order valence-electron chi connectivity index (χ1n) is 4.62. The van der Waals surface area contributed by atoms with Gasteiger partial charge >= 0.3 is 0 Å². The Morgan fingerprint density at radius 1 is 1.36 bits per heavy atom. The molecule has 0 amide bonds. The van der Waals surface area contributed by atoms with Crippen LogP contribution in [-0.2, 0) is 6.42 Å². The van der Waals surface area contributed by atoms with Gasteiger partial charge in [-0.1, -0.05) is 13.8 Å². The summed E-state index contributed by atoms with van der Waals surface area (Å²) in [7, 11) is 0. The van der Waals surface area contributed by atoms with E-state index in [4.69, 9.17) is 10.2 Å². The van der Waals surface area contributed by atoms with Gasteiger partial charge in [0.25, 0.3) is 0 Å². The molecule has 14 heavy (non-hydrogen) atoms. The summed E-state index contributed by atoms with van der Waals surface area (Å²) >= 11 is 0. The van der Waals surface area contributed by atoms with Gasteiger partial charge in [-0.25, -0.2) is 0 Å². The summed E-state index contributed by atoms with van der Waals surface area (Å²) in [6, 6.07) is 0.125. The zero-order valence-corrected chi connectivity index (χ0v) is 9.67. The van der Waals surface area contributed by atoms with Crippen molar-refractivity contribution in [1.29, 1.82) is 0 Å². The van der Waals surface area contributed by atoms with Gasteiger partial charge in [0.2, 0.25) is 11.8 Å². The van der Waals surface area contributed by atoms with Crippen LogP contribution in [0.15, 0.2) is 4.42 Å². The van der Waals surface area contributed by atoms with Crippen LogP contribution in [0.1, 0.15) is 32.0 Å². The number of nitrogens with two attached hydrogens (primary N) is 1. The molecule has 1 atom stereocenters. The molecule has 0 saturated carbocycles. The molecule has 0 unspecified atom stereocenters. The molecule has 0 fully saturated rings. The second kappa shape index (κ2) is 5.98. The van der Waals surface area contributed by atoms with Crippen LogP contribution in [0, 0.1) is 12.8 Å². The normalized spacial score (nSPS) is 12.6. The Morgan fingerprint density at radius 3 is 2.43 bits per heavy atom. The lowest BCUT2D eigenvalue weighted by Gasteiger charge is -2.10. The molecular formula is C9H18ClN3O. The van der Waals surface area contributed by atoms with Crippen LogP contribution in [0.5, 0.6) is 0 Å². The predicted octanol–water partition coefficient (Wildman–Crippen LogP) is 1.72. The number of hydrogen-bond acceptors (Lipinski definition) is 4. The SMILES string of the molecule is Cc1nnc(C[C@@H](N)CC(C)C)o1.Cl. The van der Waals surface area contributed by atoms with Crippen molar-refractivity contribution in [3.05, 3.63) is 11.8 Å². The fourth-order valence-corrected chi connectivity index (χ4v) is 1.33. The van der Waals surface area contributed by atoms with Gasteiger partial charge in [0.1, 0.15) is 0 Å². The number of halogens is 1. The van der Waals surface area contributed by atoms with Gasteiger partial charge < -0.3 is 10.2 Å². The van der Waals surface area contributed by atoms with Crippen molar-refractivity contribution in [2.45, 2.75) is 39.7 Å². The molecule has 0 aliphatic heterocycles. The lowest BCUT2D eigenvalue weighted by atomic mass is 10.0. The van der Waals surface area contributed by atoms with Crippen LogP contribution in [0.2, 0.25) is 0 Å². The van der Waals surface area contributed by atoms with Crippen molar-refractivity contribution in [3.8, 4) is 0 Å². The quantitative estimate of drug-likeness (QED) is 0.838. The topological polar surface area (TPSA) is 64.9 Å². The summed E-state index contributed by atoms with van der Waals surface area (Å²) in [5.41, 5.74) is 5.89. The average Bonchev–Trinajstić information content (AvgIpc) is 2.33. The van der Waals surface area contributed by atoms with Crippen molar-refractivity contribution in [2.24, 2.45) is 11.7 Å². The monoisotopic (exact) mass is 219 g/mol. The highest BCUT2D eigenvalue weighted by Gasteiger charge is 2.10. The van der Waals surface area contributed by atoms with Crippen LogP contribution in [0.4, 0.5) is 0 Å². The Labute approximate surface area is 90.7 Å². The van der Waals surface area contributed by atoms with Crippen LogP contribution < -0.4 is 5.73 Å². The third-order valence-corrected chi connectivity index (χ3v) is 1.78. The highest BCUT2D eigenvalue weighted by Crippen LogP contribution is 2.08. The van der Waals surface area contributed by atoms with Crippen molar-refractivity contribution >= 4 is 12.4 Å².